The minimum atomic E-state index is -0.650. The fourth-order valence-electron chi connectivity index (χ4n) is 1.61. The zero-order valence-corrected chi connectivity index (χ0v) is 10.1. The highest BCUT2D eigenvalue weighted by Crippen LogP contribution is 2.12. The van der Waals surface area contributed by atoms with Gasteiger partial charge >= 0.3 is 0 Å². The van der Waals surface area contributed by atoms with Crippen molar-refractivity contribution < 1.29 is 14.3 Å². The Hall–Kier alpha value is -2.56. The fraction of sp³-hybridized carbons (Fsp3) is 0.0714. The molecule has 0 atom stereocenters. The SMILES string of the molecule is Nc1ccc(C(=O)NCc2ccc(O)cc2)c(F)c1. The Morgan fingerprint density at radius 1 is 1.21 bits per heavy atom. The third-order valence-corrected chi connectivity index (χ3v) is 2.63. The predicted octanol–water partition coefficient (Wildman–Crippen LogP) is 2.04. The number of nitrogens with two attached hydrogens (primary N) is 1. The summed E-state index contributed by atoms with van der Waals surface area (Å²) in [5, 5.41) is 11.7. The molecule has 2 rings (SSSR count). The van der Waals surface area contributed by atoms with Crippen LogP contribution in [0.15, 0.2) is 42.5 Å². The third-order valence-electron chi connectivity index (χ3n) is 2.63. The van der Waals surface area contributed by atoms with Gasteiger partial charge in [-0.25, -0.2) is 4.39 Å². The van der Waals surface area contributed by atoms with Gasteiger partial charge in [0.1, 0.15) is 11.6 Å². The van der Waals surface area contributed by atoms with Gasteiger partial charge in [0.25, 0.3) is 5.91 Å². The van der Waals surface area contributed by atoms with E-state index in [2.05, 4.69) is 5.32 Å². The van der Waals surface area contributed by atoms with Gasteiger partial charge in [-0.15, -0.1) is 0 Å². The Balaban J connectivity index is 2.03. The lowest BCUT2D eigenvalue weighted by Gasteiger charge is -2.07. The van der Waals surface area contributed by atoms with Gasteiger partial charge in [0, 0.05) is 12.2 Å². The molecule has 0 aliphatic heterocycles. The summed E-state index contributed by atoms with van der Waals surface area (Å²) in [6, 6.07) is 10.3. The molecule has 0 aliphatic rings. The van der Waals surface area contributed by atoms with Crippen molar-refractivity contribution in [2.24, 2.45) is 0 Å². The molecule has 0 aromatic heterocycles. The monoisotopic (exact) mass is 260 g/mol. The molecule has 0 aliphatic carbocycles. The second kappa shape index (κ2) is 5.39. The zero-order valence-electron chi connectivity index (χ0n) is 10.1. The number of hydrogen-bond donors (Lipinski definition) is 3. The van der Waals surface area contributed by atoms with Crippen LogP contribution in [0, 0.1) is 5.82 Å². The van der Waals surface area contributed by atoms with Crippen molar-refractivity contribution in [2.75, 3.05) is 5.73 Å². The summed E-state index contributed by atoms with van der Waals surface area (Å²) in [6.45, 7) is 0.253. The van der Waals surface area contributed by atoms with Gasteiger partial charge in [0.2, 0.25) is 0 Å². The molecular weight excluding hydrogens is 247 g/mol. The molecule has 0 bridgehead atoms. The third kappa shape index (κ3) is 3.22. The van der Waals surface area contributed by atoms with Crippen LogP contribution in [-0.4, -0.2) is 11.0 Å². The summed E-state index contributed by atoms with van der Waals surface area (Å²) in [7, 11) is 0. The number of nitrogens with one attached hydrogen (secondary N) is 1. The Morgan fingerprint density at radius 3 is 2.53 bits per heavy atom. The van der Waals surface area contributed by atoms with Crippen LogP contribution in [-0.2, 0) is 6.54 Å². The van der Waals surface area contributed by atoms with Crippen molar-refractivity contribution >= 4 is 11.6 Å². The van der Waals surface area contributed by atoms with Crippen molar-refractivity contribution in [2.45, 2.75) is 6.54 Å². The van der Waals surface area contributed by atoms with E-state index in [9.17, 15) is 9.18 Å². The molecule has 0 fully saturated rings. The summed E-state index contributed by atoms with van der Waals surface area (Å²) in [5.41, 5.74) is 6.44. The predicted molar refractivity (Wildman–Crippen MR) is 70.1 cm³/mol. The smallest absolute Gasteiger partial charge is 0.254 e. The average Bonchev–Trinajstić information content (AvgIpc) is 2.37. The number of rotatable bonds is 3. The summed E-state index contributed by atoms with van der Waals surface area (Å²) in [4.78, 5) is 11.8. The molecule has 1 amide bonds. The van der Waals surface area contributed by atoms with Gasteiger partial charge in [-0.1, -0.05) is 12.1 Å². The Labute approximate surface area is 109 Å². The van der Waals surface area contributed by atoms with E-state index >= 15 is 0 Å². The van der Waals surface area contributed by atoms with Gasteiger partial charge in [0.05, 0.1) is 5.56 Å². The normalized spacial score (nSPS) is 10.2. The first-order chi connectivity index (χ1) is 9.06. The average molecular weight is 260 g/mol. The summed E-state index contributed by atoms with van der Waals surface area (Å²) in [6.07, 6.45) is 0. The van der Waals surface area contributed by atoms with Crippen LogP contribution in [0.3, 0.4) is 0 Å². The molecule has 0 radical (unpaired) electrons. The van der Waals surface area contributed by atoms with E-state index in [1.807, 2.05) is 0 Å². The van der Waals surface area contributed by atoms with Gasteiger partial charge in [-0.2, -0.15) is 0 Å². The molecule has 4 nitrogen and oxygen atoms in total. The van der Waals surface area contributed by atoms with Crippen molar-refractivity contribution in [3.63, 3.8) is 0 Å². The highest BCUT2D eigenvalue weighted by atomic mass is 19.1. The van der Waals surface area contributed by atoms with Crippen LogP contribution in [0.5, 0.6) is 5.75 Å². The van der Waals surface area contributed by atoms with E-state index in [0.717, 1.165) is 11.6 Å². The Bertz CT molecular complexity index is 597. The summed E-state index contributed by atoms with van der Waals surface area (Å²) in [5.74, 6) is -1.01. The number of anilines is 1. The zero-order chi connectivity index (χ0) is 13.8. The summed E-state index contributed by atoms with van der Waals surface area (Å²) >= 11 is 0. The van der Waals surface area contributed by atoms with Crippen LogP contribution in [0.25, 0.3) is 0 Å². The van der Waals surface area contributed by atoms with Gasteiger partial charge in [-0.3, -0.25) is 4.79 Å². The Morgan fingerprint density at radius 2 is 1.89 bits per heavy atom. The van der Waals surface area contributed by atoms with Crippen molar-refractivity contribution in [3.8, 4) is 5.75 Å². The fourth-order valence-corrected chi connectivity index (χ4v) is 1.61. The molecule has 5 heteroatoms. The number of halogens is 1. The molecule has 2 aromatic carbocycles. The van der Waals surface area contributed by atoms with Crippen LogP contribution in [0.4, 0.5) is 10.1 Å². The van der Waals surface area contributed by atoms with E-state index in [1.165, 1.54) is 24.3 Å². The number of phenols is 1. The van der Waals surface area contributed by atoms with Crippen molar-refractivity contribution in [1.29, 1.82) is 0 Å². The van der Waals surface area contributed by atoms with E-state index in [4.69, 9.17) is 10.8 Å². The van der Waals surface area contributed by atoms with E-state index in [1.54, 1.807) is 12.1 Å². The number of carbonyl (C=O) groups is 1. The van der Waals surface area contributed by atoms with Crippen LogP contribution in [0.2, 0.25) is 0 Å². The largest absolute Gasteiger partial charge is 0.508 e. The number of benzene rings is 2. The summed E-state index contributed by atoms with van der Waals surface area (Å²) < 4.78 is 13.5. The van der Waals surface area contributed by atoms with Gasteiger partial charge in [0.15, 0.2) is 0 Å². The minimum Gasteiger partial charge on any atom is -0.508 e. The molecule has 98 valence electrons. The maximum Gasteiger partial charge on any atom is 0.254 e. The number of carbonyl (C=O) groups excluding carboxylic acids is 1. The molecule has 0 heterocycles. The van der Waals surface area contributed by atoms with Crippen LogP contribution >= 0.6 is 0 Å². The molecule has 2 aromatic rings. The first-order valence-corrected chi connectivity index (χ1v) is 5.67. The minimum absolute atomic E-state index is 0.0482. The number of hydrogen-bond acceptors (Lipinski definition) is 3. The van der Waals surface area contributed by atoms with Crippen LogP contribution < -0.4 is 11.1 Å². The van der Waals surface area contributed by atoms with Gasteiger partial charge in [-0.05, 0) is 35.9 Å². The van der Waals surface area contributed by atoms with E-state index in [0.29, 0.717) is 0 Å². The second-order valence-electron chi connectivity index (χ2n) is 4.09. The molecule has 0 saturated heterocycles. The van der Waals surface area contributed by atoms with E-state index < -0.39 is 11.7 Å². The Kier molecular flexibility index (Phi) is 3.66. The molecule has 0 spiro atoms. The molecular formula is C14H13FN2O2. The van der Waals surface area contributed by atoms with Crippen molar-refractivity contribution in [1.82, 2.24) is 5.32 Å². The number of phenolic OH excluding ortho intramolecular Hbond substituents is 1. The molecule has 19 heavy (non-hydrogen) atoms. The van der Waals surface area contributed by atoms with Gasteiger partial charge < -0.3 is 16.2 Å². The number of nitrogen functional groups attached to an aromatic ring is 1. The molecule has 4 N–H and O–H groups in total. The van der Waals surface area contributed by atoms with Crippen molar-refractivity contribution in [3.05, 3.63) is 59.4 Å². The lowest BCUT2D eigenvalue weighted by molar-refractivity contribution is 0.0947. The standard InChI is InChI=1S/C14H13FN2O2/c15-13-7-10(16)3-6-12(13)14(19)17-8-9-1-4-11(18)5-2-9/h1-7,18H,8,16H2,(H,17,19). The number of amides is 1. The second-order valence-corrected chi connectivity index (χ2v) is 4.09. The van der Waals surface area contributed by atoms with E-state index in [-0.39, 0.29) is 23.5 Å². The number of aromatic hydroxyl groups is 1. The molecule has 0 saturated carbocycles. The quantitative estimate of drug-likeness (QED) is 0.739. The van der Waals surface area contributed by atoms with Crippen LogP contribution in [0.1, 0.15) is 15.9 Å². The maximum absolute atomic E-state index is 13.5. The first-order valence-electron chi connectivity index (χ1n) is 5.67. The molecule has 0 unspecified atom stereocenters. The first kappa shape index (κ1) is 12.9. The highest BCUT2D eigenvalue weighted by molar-refractivity contribution is 5.94. The highest BCUT2D eigenvalue weighted by Gasteiger charge is 2.11. The topological polar surface area (TPSA) is 75.4 Å². The lowest BCUT2D eigenvalue weighted by Crippen LogP contribution is -2.23. The maximum atomic E-state index is 13.5. The lowest BCUT2D eigenvalue weighted by atomic mass is 10.1.